The van der Waals surface area contributed by atoms with Crippen LogP contribution >= 0.6 is 11.6 Å². The number of hydrogen-bond acceptors (Lipinski definition) is 2. The van der Waals surface area contributed by atoms with Gasteiger partial charge in [-0.1, -0.05) is 36.7 Å². The van der Waals surface area contributed by atoms with E-state index >= 15 is 0 Å². The van der Waals surface area contributed by atoms with E-state index in [4.69, 9.17) is 16.7 Å². The van der Waals surface area contributed by atoms with Crippen molar-refractivity contribution in [3.05, 3.63) is 35.4 Å². The molecule has 1 rings (SSSR count). The van der Waals surface area contributed by atoms with Crippen molar-refractivity contribution in [3.63, 3.8) is 0 Å². The maximum absolute atomic E-state index is 9.60. The first-order valence-electron chi connectivity index (χ1n) is 4.09. The predicted molar refractivity (Wildman–Crippen MR) is 59.0 cm³/mol. The summed E-state index contributed by atoms with van der Waals surface area (Å²) in [6.45, 7) is 1.84. The number of carboxylic acids is 1. The zero-order valence-corrected chi connectivity index (χ0v) is 9.00. The fourth-order valence-corrected chi connectivity index (χ4v) is 0.774. The first kappa shape index (κ1) is 15.4. The van der Waals surface area contributed by atoms with Crippen molar-refractivity contribution >= 4 is 17.6 Å². The predicted octanol–water partition coefficient (Wildman–Crippen LogP) is 3.37. The van der Waals surface area contributed by atoms with Crippen molar-refractivity contribution in [1.29, 1.82) is 0 Å². The summed E-state index contributed by atoms with van der Waals surface area (Å²) in [6, 6.07) is 9.44. The molecule has 0 saturated heterocycles. The Morgan fingerprint density at radius 2 is 1.86 bits per heavy atom. The second-order valence-corrected chi connectivity index (χ2v) is 2.88. The molecule has 4 N–H and O–H groups in total. The van der Waals surface area contributed by atoms with E-state index < -0.39 is 5.97 Å². The number of carboxylic acid groups (broad SMARTS) is 1. The molecule has 0 spiro atoms. The normalized spacial score (nSPS) is 7.86. The number of halogens is 1. The maximum atomic E-state index is 9.60. The molecule has 0 unspecified atom stereocenters. The molecule has 0 aromatic heterocycles. The standard InChI is InChI=1S/C6H5Cl.C4H8O2.H3N/c7-6-4-2-1-3-5-6;1-2-3-4(5)6;/h1-5H;2-3H2,1H3,(H,5,6);1H3. The summed E-state index contributed by atoms with van der Waals surface area (Å²) >= 11 is 5.54. The van der Waals surface area contributed by atoms with Crippen molar-refractivity contribution in [3.8, 4) is 0 Å². The topological polar surface area (TPSA) is 72.3 Å². The van der Waals surface area contributed by atoms with Crippen molar-refractivity contribution in [1.82, 2.24) is 6.15 Å². The molecule has 1 aromatic rings. The second-order valence-electron chi connectivity index (χ2n) is 2.44. The largest absolute Gasteiger partial charge is 0.481 e. The van der Waals surface area contributed by atoms with Crippen LogP contribution in [0.4, 0.5) is 0 Å². The highest BCUT2D eigenvalue weighted by atomic mass is 35.5. The molecular weight excluding hydrogens is 202 g/mol. The van der Waals surface area contributed by atoms with Crippen LogP contribution in [0.25, 0.3) is 0 Å². The molecule has 0 aliphatic rings. The zero-order valence-electron chi connectivity index (χ0n) is 8.24. The third-order valence-electron chi connectivity index (χ3n) is 1.20. The Morgan fingerprint density at radius 1 is 1.36 bits per heavy atom. The van der Waals surface area contributed by atoms with Gasteiger partial charge in [0.15, 0.2) is 0 Å². The molecule has 0 radical (unpaired) electrons. The van der Waals surface area contributed by atoms with Gasteiger partial charge in [0, 0.05) is 11.4 Å². The van der Waals surface area contributed by atoms with E-state index in [-0.39, 0.29) is 6.15 Å². The molecule has 0 fully saturated rings. The Morgan fingerprint density at radius 3 is 2.00 bits per heavy atom. The fourth-order valence-electron chi connectivity index (χ4n) is 0.629. The van der Waals surface area contributed by atoms with Gasteiger partial charge in [-0.25, -0.2) is 0 Å². The Bertz CT molecular complexity index is 239. The quantitative estimate of drug-likeness (QED) is 0.798. The molecule has 0 amide bonds. The third kappa shape index (κ3) is 10.9. The van der Waals surface area contributed by atoms with E-state index in [1.807, 2.05) is 37.3 Å². The molecule has 0 aliphatic carbocycles. The van der Waals surface area contributed by atoms with Crippen molar-refractivity contribution in [2.45, 2.75) is 19.8 Å². The Balaban J connectivity index is 0. The number of carbonyl (C=O) groups is 1. The van der Waals surface area contributed by atoms with Crippen molar-refractivity contribution in [2.24, 2.45) is 0 Å². The molecular formula is C10H16ClNO2. The minimum atomic E-state index is -0.711. The second kappa shape index (κ2) is 10.0. The van der Waals surface area contributed by atoms with E-state index in [2.05, 4.69) is 0 Å². The lowest BCUT2D eigenvalue weighted by molar-refractivity contribution is -0.137. The molecule has 0 aliphatic heterocycles. The van der Waals surface area contributed by atoms with Crippen LogP contribution < -0.4 is 6.15 Å². The third-order valence-corrected chi connectivity index (χ3v) is 1.45. The maximum Gasteiger partial charge on any atom is 0.303 e. The average molecular weight is 218 g/mol. The van der Waals surface area contributed by atoms with Gasteiger partial charge in [0.25, 0.3) is 0 Å². The van der Waals surface area contributed by atoms with E-state index in [1.54, 1.807) is 0 Å². The van der Waals surface area contributed by atoms with Gasteiger partial charge in [-0.2, -0.15) is 0 Å². The first-order chi connectivity index (χ1) is 6.16. The van der Waals surface area contributed by atoms with Crippen LogP contribution in [0.3, 0.4) is 0 Å². The summed E-state index contributed by atoms with van der Waals surface area (Å²) in [4.78, 5) is 9.60. The average Bonchev–Trinajstić information content (AvgIpc) is 2.06. The van der Waals surface area contributed by atoms with E-state index in [9.17, 15) is 4.79 Å². The van der Waals surface area contributed by atoms with Crippen LogP contribution in [0, 0.1) is 0 Å². The van der Waals surface area contributed by atoms with Gasteiger partial charge in [-0.15, -0.1) is 0 Å². The van der Waals surface area contributed by atoms with Crippen LogP contribution in [0.15, 0.2) is 30.3 Å². The molecule has 0 heterocycles. The van der Waals surface area contributed by atoms with Gasteiger partial charge >= 0.3 is 5.97 Å². The summed E-state index contributed by atoms with van der Waals surface area (Å²) in [5.74, 6) is -0.711. The van der Waals surface area contributed by atoms with Gasteiger partial charge < -0.3 is 11.3 Å². The Kier molecular flexibility index (Phi) is 11.0. The molecule has 3 nitrogen and oxygen atoms in total. The van der Waals surface area contributed by atoms with Crippen LogP contribution in [0.5, 0.6) is 0 Å². The summed E-state index contributed by atoms with van der Waals surface area (Å²) in [5.41, 5.74) is 0. The first-order valence-corrected chi connectivity index (χ1v) is 4.47. The monoisotopic (exact) mass is 217 g/mol. The SMILES string of the molecule is CCCC(=O)O.Clc1ccccc1.N. The molecule has 0 saturated carbocycles. The number of benzene rings is 1. The van der Waals surface area contributed by atoms with Crippen LogP contribution in [-0.4, -0.2) is 11.1 Å². The highest BCUT2D eigenvalue weighted by molar-refractivity contribution is 6.30. The van der Waals surface area contributed by atoms with Gasteiger partial charge in [-0.3, -0.25) is 4.79 Å². The van der Waals surface area contributed by atoms with E-state index in [0.29, 0.717) is 6.42 Å². The lowest BCUT2D eigenvalue weighted by Crippen LogP contribution is -1.90. The molecule has 80 valence electrons. The Hall–Kier alpha value is -1.06. The number of hydrogen-bond donors (Lipinski definition) is 2. The van der Waals surface area contributed by atoms with Crippen molar-refractivity contribution < 1.29 is 9.90 Å². The fraction of sp³-hybridized carbons (Fsp3) is 0.300. The molecule has 1 aromatic carbocycles. The summed E-state index contributed by atoms with van der Waals surface area (Å²) in [5, 5.41) is 8.71. The highest BCUT2D eigenvalue weighted by Crippen LogP contribution is 2.03. The van der Waals surface area contributed by atoms with Crippen LogP contribution in [0.2, 0.25) is 5.02 Å². The minimum absolute atomic E-state index is 0. The van der Waals surface area contributed by atoms with Gasteiger partial charge in [0.05, 0.1) is 0 Å². The van der Waals surface area contributed by atoms with Gasteiger partial charge in [0.1, 0.15) is 0 Å². The van der Waals surface area contributed by atoms with Crippen LogP contribution in [-0.2, 0) is 4.79 Å². The zero-order chi connectivity index (χ0) is 10.1. The lowest BCUT2D eigenvalue weighted by atomic mass is 10.4. The molecule has 4 heteroatoms. The highest BCUT2D eigenvalue weighted by Gasteiger charge is 1.87. The van der Waals surface area contributed by atoms with E-state index in [0.717, 1.165) is 11.4 Å². The Labute approximate surface area is 89.3 Å². The van der Waals surface area contributed by atoms with Gasteiger partial charge in [-0.05, 0) is 18.6 Å². The smallest absolute Gasteiger partial charge is 0.303 e. The summed E-state index contributed by atoms with van der Waals surface area (Å²) in [7, 11) is 0. The van der Waals surface area contributed by atoms with E-state index in [1.165, 1.54) is 0 Å². The lowest BCUT2D eigenvalue weighted by Gasteiger charge is -1.80. The number of aliphatic carboxylic acids is 1. The van der Waals surface area contributed by atoms with Crippen LogP contribution in [0.1, 0.15) is 19.8 Å². The van der Waals surface area contributed by atoms with Gasteiger partial charge in [0.2, 0.25) is 0 Å². The summed E-state index contributed by atoms with van der Waals surface area (Å²) in [6.07, 6.45) is 1.02. The van der Waals surface area contributed by atoms with Crippen molar-refractivity contribution in [2.75, 3.05) is 0 Å². The molecule has 14 heavy (non-hydrogen) atoms. The molecule has 0 atom stereocenters. The molecule has 0 bridgehead atoms. The summed E-state index contributed by atoms with van der Waals surface area (Å²) < 4.78 is 0. The minimum Gasteiger partial charge on any atom is -0.481 e. The number of rotatable bonds is 2.